The first-order valence-electron chi connectivity index (χ1n) is 4.13. The maximum atomic E-state index is 4.01. The lowest BCUT2D eigenvalue weighted by atomic mass is 10.3. The second kappa shape index (κ2) is 5.14. The first kappa shape index (κ1) is 10.4. The second-order valence-electron chi connectivity index (χ2n) is 2.81. The number of nitrogens with zero attached hydrogens (tertiary/aromatic N) is 2. The van der Waals surface area contributed by atoms with Crippen molar-refractivity contribution >= 4 is 21.9 Å². The quantitative estimate of drug-likeness (QED) is 0.624. The molecule has 0 aliphatic rings. The summed E-state index contributed by atoms with van der Waals surface area (Å²) >= 11 is 3.47. The molecule has 1 unspecified atom stereocenters. The number of nitrogens with one attached hydrogen (secondary N) is 2. The monoisotopic (exact) mass is 244 g/mol. The van der Waals surface area contributed by atoms with E-state index in [0.717, 1.165) is 0 Å². The fourth-order valence-electron chi connectivity index (χ4n) is 0.657. The van der Waals surface area contributed by atoms with E-state index in [4.69, 9.17) is 0 Å². The third kappa shape index (κ3) is 3.69. The molecule has 0 amide bonds. The van der Waals surface area contributed by atoms with Gasteiger partial charge in [-0.2, -0.15) is 0 Å². The molecule has 13 heavy (non-hydrogen) atoms. The minimum atomic E-state index is 0.309. The van der Waals surface area contributed by atoms with Crippen molar-refractivity contribution < 1.29 is 0 Å². The Kier molecular flexibility index (Phi) is 4.11. The molecule has 2 atom stereocenters. The Balaban J connectivity index is 2.35. The molecule has 0 bridgehead atoms. The molecule has 0 saturated heterocycles. The van der Waals surface area contributed by atoms with E-state index in [1.54, 1.807) is 18.5 Å². The zero-order valence-electron chi connectivity index (χ0n) is 7.66. The number of halogens is 1. The smallest absolute Gasteiger partial charge is 0.237 e. The van der Waals surface area contributed by atoms with Gasteiger partial charge in [-0.05, 0) is 13.0 Å². The molecule has 1 aromatic rings. The molecule has 2 N–H and O–H groups in total. The summed E-state index contributed by atoms with van der Waals surface area (Å²) < 4.78 is 0. The van der Waals surface area contributed by atoms with Crippen LogP contribution in [0.3, 0.4) is 0 Å². The fraction of sp³-hybridized carbons (Fsp3) is 0.500. The van der Waals surface area contributed by atoms with Crippen LogP contribution in [0.2, 0.25) is 0 Å². The highest BCUT2D eigenvalue weighted by Gasteiger charge is 2.06. The molecule has 0 saturated carbocycles. The van der Waals surface area contributed by atoms with Crippen LogP contribution in [0.5, 0.6) is 0 Å². The summed E-state index contributed by atoms with van der Waals surface area (Å²) in [4.78, 5) is 8.41. The van der Waals surface area contributed by atoms with Crippen LogP contribution >= 0.6 is 15.9 Å². The Hall–Kier alpha value is -0.680. The molecule has 0 aliphatic carbocycles. The van der Waals surface area contributed by atoms with Crippen LogP contribution in [0.25, 0.3) is 0 Å². The van der Waals surface area contributed by atoms with Gasteiger partial charge in [-0.25, -0.2) is 15.4 Å². The van der Waals surface area contributed by atoms with Gasteiger partial charge in [0.2, 0.25) is 5.95 Å². The number of aromatic nitrogens is 2. The lowest BCUT2D eigenvalue weighted by molar-refractivity contribution is 0.601. The number of anilines is 1. The third-order valence-electron chi connectivity index (χ3n) is 1.67. The minimum absolute atomic E-state index is 0.309. The summed E-state index contributed by atoms with van der Waals surface area (Å²) in [5.74, 6) is 0.586. The van der Waals surface area contributed by atoms with Gasteiger partial charge in [-0.1, -0.05) is 22.9 Å². The third-order valence-corrected chi connectivity index (χ3v) is 2.46. The molecule has 1 aromatic heterocycles. The SMILES string of the molecule is CC(Br)[C@@H](C)NNc1ncccn1. The second-order valence-corrected chi connectivity index (χ2v) is 4.25. The van der Waals surface area contributed by atoms with Gasteiger partial charge in [0.1, 0.15) is 0 Å². The van der Waals surface area contributed by atoms with E-state index in [0.29, 0.717) is 16.8 Å². The molecule has 0 fully saturated rings. The number of alkyl halides is 1. The summed E-state index contributed by atoms with van der Waals surface area (Å²) in [6.45, 7) is 4.14. The summed E-state index contributed by atoms with van der Waals surface area (Å²) in [7, 11) is 0. The standard InChI is InChI=1S/C8H13BrN4/c1-6(9)7(2)12-13-8-10-4-3-5-11-8/h3-7,12H,1-2H3,(H,10,11,13)/t6?,7-/m1/s1. The highest BCUT2D eigenvalue weighted by atomic mass is 79.9. The molecule has 1 heterocycles. The van der Waals surface area contributed by atoms with E-state index in [2.05, 4.69) is 50.6 Å². The van der Waals surface area contributed by atoms with Crippen LogP contribution in [-0.4, -0.2) is 20.8 Å². The van der Waals surface area contributed by atoms with E-state index in [1.165, 1.54) is 0 Å². The molecule has 72 valence electrons. The van der Waals surface area contributed by atoms with Crippen molar-refractivity contribution in [1.29, 1.82) is 0 Å². The van der Waals surface area contributed by atoms with E-state index in [1.807, 2.05) is 0 Å². The van der Waals surface area contributed by atoms with Crippen LogP contribution in [0.1, 0.15) is 13.8 Å². The van der Waals surface area contributed by atoms with Crippen molar-refractivity contribution in [2.24, 2.45) is 0 Å². The maximum absolute atomic E-state index is 4.01. The van der Waals surface area contributed by atoms with Crippen molar-refractivity contribution in [3.8, 4) is 0 Å². The lowest BCUT2D eigenvalue weighted by Gasteiger charge is -2.16. The highest BCUT2D eigenvalue weighted by molar-refractivity contribution is 9.09. The summed E-state index contributed by atoms with van der Waals surface area (Å²) in [6, 6.07) is 2.09. The van der Waals surface area contributed by atoms with Crippen molar-refractivity contribution in [2.45, 2.75) is 24.7 Å². The fourth-order valence-corrected chi connectivity index (χ4v) is 0.789. The Morgan fingerprint density at radius 1 is 1.31 bits per heavy atom. The Bertz CT molecular complexity index is 239. The van der Waals surface area contributed by atoms with Gasteiger partial charge in [0.15, 0.2) is 0 Å². The van der Waals surface area contributed by atoms with E-state index < -0.39 is 0 Å². The van der Waals surface area contributed by atoms with Gasteiger partial charge >= 0.3 is 0 Å². The summed E-state index contributed by atoms with van der Waals surface area (Å²) in [5.41, 5.74) is 6.00. The predicted octanol–water partition coefficient (Wildman–Crippen LogP) is 1.56. The Morgan fingerprint density at radius 2 is 1.92 bits per heavy atom. The number of hydrogen-bond donors (Lipinski definition) is 2. The van der Waals surface area contributed by atoms with Gasteiger partial charge in [0.05, 0.1) is 0 Å². The van der Waals surface area contributed by atoms with Crippen molar-refractivity contribution in [2.75, 3.05) is 5.43 Å². The van der Waals surface area contributed by atoms with Gasteiger partial charge in [0, 0.05) is 23.3 Å². The topological polar surface area (TPSA) is 49.8 Å². The van der Waals surface area contributed by atoms with Crippen LogP contribution in [0, 0.1) is 0 Å². The minimum Gasteiger partial charge on any atom is -0.289 e. The molecule has 0 radical (unpaired) electrons. The highest BCUT2D eigenvalue weighted by Crippen LogP contribution is 2.03. The van der Waals surface area contributed by atoms with Crippen LogP contribution in [-0.2, 0) is 0 Å². The van der Waals surface area contributed by atoms with Crippen molar-refractivity contribution in [3.05, 3.63) is 18.5 Å². The van der Waals surface area contributed by atoms with E-state index in [-0.39, 0.29) is 0 Å². The molecule has 4 nitrogen and oxygen atoms in total. The molecule has 5 heteroatoms. The van der Waals surface area contributed by atoms with E-state index >= 15 is 0 Å². The van der Waals surface area contributed by atoms with Gasteiger partial charge < -0.3 is 0 Å². The van der Waals surface area contributed by atoms with Gasteiger partial charge in [-0.3, -0.25) is 5.43 Å². The number of hydrazine groups is 1. The summed E-state index contributed by atoms with van der Waals surface area (Å²) in [5, 5.41) is 0. The lowest BCUT2D eigenvalue weighted by Crippen LogP contribution is -2.37. The molecule has 0 spiro atoms. The molecule has 0 aromatic carbocycles. The maximum Gasteiger partial charge on any atom is 0.237 e. The number of rotatable bonds is 4. The Labute approximate surface area is 86.3 Å². The first-order valence-corrected chi connectivity index (χ1v) is 5.04. The molecular weight excluding hydrogens is 232 g/mol. The van der Waals surface area contributed by atoms with Crippen LogP contribution < -0.4 is 10.9 Å². The molecule has 0 aliphatic heterocycles. The van der Waals surface area contributed by atoms with Gasteiger partial charge in [-0.15, -0.1) is 0 Å². The zero-order valence-corrected chi connectivity index (χ0v) is 9.25. The summed E-state index contributed by atoms with van der Waals surface area (Å²) in [6.07, 6.45) is 3.39. The number of hydrogen-bond acceptors (Lipinski definition) is 4. The van der Waals surface area contributed by atoms with Crippen LogP contribution in [0.15, 0.2) is 18.5 Å². The average molecular weight is 245 g/mol. The predicted molar refractivity (Wildman–Crippen MR) is 56.6 cm³/mol. The van der Waals surface area contributed by atoms with Gasteiger partial charge in [0.25, 0.3) is 0 Å². The largest absolute Gasteiger partial charge is 0.289 e. The molecule has 1 rings (SSSR count). The average Bonchev–Trinajstić information content (AvgIpc) is 2.15. The zero-order chi connectivity index (χ0) is 9.68. The van der Waals surface area contributed by atoms with E-state index in [9.17, 15) is 0 Å². The van der Waals surface area contributed by atoms with Crippen molar-refractivity contribution in [3.63, 3.8) is 0 Å². The normalized spacial score (nSPS) is 15.0. The Morgan fingerprint density at radius 3 is 2.46 bits per heavy atom. The first-order chi connectivity index (χ1) is 6.20. The van der Waals surface area contributed by atoms with Crippen LogP contribution in [0.4, 0.5) is 5.95 Å². The molecular formula is C8H13BrN4. The van der Waals surface area contributed by atoms with Crippen molar-refractivity contribution in [1.82, 2.24) is 15.4 Å².